The number of thiazole rings is 1. The highest BCUT2D eigenvalue weighted by molar-refractivity contribution is 7.21. The molecule has 0 aliphatic rings. The van der Waals surface area contributed by atoms with Gasteiger partial charge in [-0.25, -0.2) is 9.98 Å². The Bertz CT molecular complexity index is 1130. The van der Waals surface area contributed by atoms with Crippen LogP contribution in [0.15, 0.2) is 64.0 Å². The van der Waals surface area contributed by atoms with E-state index in [0.29, 0.717) is 23.8 Å². The minimum absolute atomic E-state index is 0.273. The van der Waals surface area contributed by atoms with E-state index in [9.17, 15) is 0 Å². The van der Waals surface area contributed by atoms with Crippen molar-refractivity contribution in [2.24, 2.45) is 10.7 Å². The maximum atomic E-state index is 6.00. The Morgan fingerprint density at radius 3 is 2.72 bits per heavy atom. The molecular weight excluding hydrogens is 388 g/mol. The molecule has 0 amide bonds. The average Bonchev–Trinajstić information content (AvgIpc) is 3.39. The largest absolute Gasteiger partial charge is 0.493 e. The number of para-hydroxylation sites is 1. The smallest absolute Gasteiger partial charge is 0.193 e. The van der Waals surface area contributed by atoms with Gasteiger partial charge in [-0.3, -0.25) is 0 Å². The van der Waals surface area contributed by atoms with Crippen molar-refractivity contribution in [3.8, 4) is 22.3 Å². The van der Waals surface area contributed by atoms with Crippen LogP contribution >= 0.6 is 11.3 Å². The molecule has 4 rings (SSSR count). The molecule has 2 heterocycles. The van der Waals surface area contributed by atoms with Gasteiger partial charge in [-0.15, -0.1) is 11.3 Å². The summed E-state index contributed by atoms with van der Waals surface area (Å²) >= 11 is 1.60. The van der Waals surface area contributed by atoms with Gasteiger partial charge >= 0.3 is 0 Å². The highest BCUT2D eigenvalue weighted by atomic mass is 32.1. The van der Waals surface area contributed by atoms with Crippen LogP contribution < -0.4 is 20.5 Å². The number of anilines is 1. The minimum atomic E-state index is 0.273. The Balaban J connectivity index is 1.44. The van der Waals surface area contributed by atoms with Crippen molar-refractivity contribution in [3.05, 3.63) is 60.4 Å². The van der Waals surface area contributed by atoms with E-state index in [2.05, 4.69) is 15.3 Å². The van der Waals surface area contributed by atoms with E-state index >= 15 is 0 Å². The minimum Gasteiger partial charge on any atom is -0.493 e. The zero-order chi connectivity index (χ0) is 20.2. The number of nitrogens with two attached hydrogens (primary N) is 1. The van der Waals surface area contributed by atoms with Gasteiger partial charge in [0.25, 0.3) is 0 Å². The summed E-state index contributed by atoms with van der Waals surface area (Å²) in [6.07, 6.45) is 0. The molecule has 2 aromatic heterocycles. The normalized spacial score (nSPS) is 11.6. The van der Waals surface area contributed by atoms with Crippen LogP contribution in [0.3, 0.4) is 0 Å². The number of nitrogens with one attached hydrogen (secondary N) is 1. The van der Waals surface area contributed by atoms with Crippen molar-refractivity contribution < 1.29 is 13.9 Å². The van der Waals surface area contributed by atoms with Crippen molar-refractivity contribution in [1.82, 2.24) is 4.98 Å². The molecular formula is C21H20N4O3S. The Morgan fingerprint density at radius 2 is 1.93 bits per heavy atom. The Hall–Kier alpha value is -3.52. The van der Waals surface area contributed by atoms with E-state index in [1.165, 1.54) is 0 Å². The molecule has 0 atom stereocenters. The number of nitrogens with zero attached hydrogens (tertiary/aromatic N) is 2. The quantitative estimate of drug-likeness (QED) is 0.360. The molecule has 148 valence electrons. The lowest BCUT2D eigenvalue weighted by Gasteiger charge is -2.10. The van der Waals surface area contributed by atoms with Crippen molar-refractivity contribution in [1.29, 1.82) is 0 Å². The van der Waals surface area contributed by atoms with E-state index in [1.54, 1.807) is 37.7 Å². The van der Waals surface area contributed by atoms with Crippen molar-refractivity contribution in [2.45, 2.75) is 6.54 Å². The third-order valence-corrected chi connectivity index (χ3v) is 5.28. The number of ether oxygens (including phenoxy) is 2. The van der Waals surface area contributed by atoms with E-state index in [0.717, 1.165) is 26.7 Å². The first-order valence-electron chi connectivity index (χ1n) is 8.90. The van der Waals surface area contributed by atoms with Crippen LogP contribution in [0.4, 0.5) is 5.69 Å². The molecule has 3 N–H and O–H groups in total. The molecule has 0 saturated carbocycles. The zero-order valence-corrected chi connectivity index (χ0v) is 16.8. The molecule has 0 saturated heterocycles. The SMILES string of the molecule is COc1ccc(NC(N)=NCc2ccc(-c3nc4ccccc4s3)o2)cc1OC. The Kier molecular flexibility index (Phi) is 5.35. The van der Waals surface area contributed by atoms with Crippen molar-refractivity contribution in [2.75, 3.05) is 19.5 Å². The molecule has 4 aromatic rings. The summed E-state index contributed by atoms with van der Waals surface area (Å²) in [6.45, 7) is 0.316. The molecule has 0 aliphatic carbocycles. The highest BCUT2D eigenvalue weighted by Gasteiger charge is 2.10. The topological polar surface area (TPSA) is 94.9 Å². The maximum absolute atomic E-state index is 6.00. The summed E-state index contributed by atoms with van der Waals surface area (Å²) in [5.74, 6) is 2.96. The highest BCUT2D eigenvalue weighted by Crippen LogP contribution is 2.31. The lowest BCUT2D eigenvalue weighted by molar-refractivity contribution is 0.355. The first kappa shape index (κ1) is 18.8. The summed E-state index contributed by atoms with van der Waals surface area (Å²) in [5, 5.41) is 3.88. The van der Waals surface area contributed by atoms with Crippen LogP contribution in [-0.2, 0) is 6.54 Å². The molecule has 29 heavy (non-hydrogen) atoms. The molecule has 7 nitrogen and oxygen atoms in total. The van der Waals surface area contributed by atoms with Gasteiger partial charge in [0.05, 0.1) is 24.4 Å². The number of furan rings is 1. The summed E-state index contributed by atoms with van der Waals surface area (Å²) in [7, 11) is 3.17. The summed E-state index contributed by atoms with van der Waals surface area (Å²) in [6, 6.07) is 17.2. The number of aromatic nitrogens is 1. The summed E-state index contributed by atoms with van der Waals surface area (Å²) in [4.78, 5) is 8.95. The predicted molar refractivity (Wildman–Crippen MR) is 116 cm³/mol. The van der Waals surface area contributed by atoms with Gasteiger partial charge in [-0.05, 0) is 36.4 Å². The molecule has 0 unspecified atom stereocenters. The van der Waals surface area contributed by atoms with E-state index < -0.39 is 0 Å². The maximum Gasteiger partial charge on any atom is 0.193 e. The fraction of sp³-hybridized carbons (Fsp3) is 0.143. The molecule has 8 heteroatoms. The van der Waals surface area contributed by atoms with Gasteiger partial charge in [0, 0.05) is 11.8 Å². The second-order valence-corrected chi connectivity index (χ2v) is 7.18. The fourth-order valence-corrected chi connectivity index (χ4v) is 3.75. The van der Waals surface area contributed by atoms with Gasteiger partial charge in [0.15, 0.2) is 28.2 Å². The molecule has 0 radical (unpaired) electrons. The van der Waals surface area contributed by atoms with E-state index in [4.69, 9.17) is 19.6 Å². The Morgan fingerprint density at radius 1 is 1.10 bits per heavy atom. The van der Waals surface area contributed by atoms with Crippen LogP contribution in [0.25, 0.3) is 21.0 Å². The number of fused-ring (bicyclic) bond motifs is 1. The van der Waals surface area contributed by atoms with Crippen molar-refractivity contribution >= 4 is 33.2 Å². The third-order valence-electron chi connectivity index (χ3n) is 4.23. The first-order valence-corrected chi connectivity index (χ1v) is 9.71. The summed E-state index contributed by atoms with van der Waals surface area (Å²) < 4.78 is 17.5. The number of guanidine groups is 1. The number of hydrogen-bond donors (Lipinski definition) is 2. The predicted octanol–water partition coefficient (Wildman–Crippen LogP) is 4.50. The third kappa shape index (κ3) is 4.17. The van der Waals surface area contributed by atoms with Crippen LogP contribution in [-0.4, -0.2) is 25.2 Å². The summed E-state index contributed by atoms with van der Waals surface area (Å²) in [5.41, 5.74) is 7.71. The van der Waals surface area contributed by atoms with Gasteiger partial charge in [0.2, 0.25) is 0 Å². The number of hydrogen-bond acceptors (Lipinski definition) is 6. The second kappa shape index (κ2) is 8.24. The van der Waals surface area contributed by atoms with Crippen LogP contribution in [0.5, 0.6) is 11.5 Å². The number of methoxy groups -OCH3 is 2. The monoisotopic (exact) mass is 408 g/mol. The number of benzene rings is 2. The van der Waals surface area contributed by atoms with E-state index in [-0.39, 0.29) is 5.96 Å². The van der Waals surface area contributed by atoms with Gasteiger partial charge in [-0.2, -0.15) is 0 Å². The van der Waals surface area contributed by atoms with Gasteiger partial charge < -0.3 is 24.9 Å². The zero-order valence-electron chi connectivity index (χ0n) is 16.0. The standard InChI is InChI=1S/C21H20N4O3S/c1-26-16-9-7-13(11-18(16)27-2)24-21(22)23-12-14-8-10-17(28-14)20-25-15-5-3-4-6-19(15)29-20/h3-11H,12H2,1-2H3,(H3,22,23,24). The van der Waals surface area contributed by atoms with Crippen LogP contribution in [0, 0.1) is 0 Å². The first-order chi connectivity index (χ1) is 14.2. The van der Waals surface area contributed by atoms with Crippen LogP contribution in [0.1, 0.15) is 5.76 Å². The molecule has 0 bridgehead atoms. The average molecular weight is 408 g/mol. The molecule has 2 aromatic carbocycles. The van der Waals surface area contributed by atoms with Gasteiger partial charge in [0.1, 0.15) is 12.3 Å². The lowest BCUT2D eigenvalue weighted by atomic mass is 10.3. The molecule has 0 spiro atoms. The van der Waals surface area contributed by atoms with E-state index in [1.807, 2.05) is 42.5 Å². The lowest BCUT2D eigenvalue weighted by Crippen LogP contribution is -2.22. The number of rotatable bonds is 6. The number of aliphatic imine (C=N–C) groups is 1. The Labute approximate surface area is 171 Å². The van der Waals surface area contributed by atoms with Crippen molar-refractivity contribution in [3.63, 3.8) is 0 Å². The van der Waals surface area contributed by atoms with Gasteiger partial charge in [-0.1, -0.05) is 12.1 Å². The second-order valence-electron chi connectivity index (χ2n) is 6.15. The molecule has 0 aliphatic heterocycles. The molecule has 0 fully saturated rings. The fourth-order valence-electron chi connectivity index (χ4n) is 2.82. The van der Waals surface area contributed by atoms with Crippen LogP contribution in [0.2, 0.25) is 0 Å².